The molecular formula is C20H25FN4O3S. The second kappa shape index (κ2) is 9.34. The van der Waals surface area contributed by atoms with Gasteiger partial charge in [0.25, 0.3) is 0 Å². The van der Waals surface area contributed by atoms with Crippen molar-refractivity contribution in [2.75, 3.05) is 49.0 Å². The van der Waals surface area contributed by atoms with E-state index in [1.807, 2.05) is 18.2 Å². The molecule has 2 aromatic rings. The van der Waals surface area contributed by atoms with Gasteiger partial charge in [-0.15, -0.1) is 0 Å². The highest BCUT2D eigenvalue weighted by atomic mass is 32.2. The lowest BCUT2D eigenvalue weighted by atomic mass is 10.2. The first-order valence-corrected chi connectivity index (χ1v) is 11.2. The number of piperazine rings is 1. The number of sulfonamides is 1. The van der Waals surface area contributed by atoms with E-state index in [1.165, 1.54) is 17.7 Å². The minimum absolute atomic E-state index is 0.195. The van der Waals surface area contributed by atoms with Gasteiger partial charge in [-0.25, -0.2) is 12.8 Å². The smallest absolute Gasteiger partial charge is 0.238 e. The van der Waals surface area contributed by atoms with Gasteiger partial charge in [-0.2, -0.15) is 0 Å². The molecule has 0 saturated carbocycles. The van der Waals surface area contributed by atoms with E-state index in [9.17, 15) is 17.6 Å². The molecule has 0 radical (unpaired) electrons. The van der Waals surface area contributed by atoms with E-state index < -0.39 is 15.8 Å². The van der Waals surface area contributed by atoms with Crippen LogP contribution in [0.4, 0.5) is 15.8 Å². The van der Waals surface area contributed by atoms with Crippen LogP contribution in [0.15, 0.2) is 48.5 Å². The molecule has 0 atom stereocenters. The number of anilines is 2. The van der Waals surface area contributed by atoms with Gasteiger partial charge in [0.15, 0.2) is 0 Å². The van der Waals surface area contributed by atoms with Crippen molar-refractivity contribution < 1.29 is 17.6 Å². The summed E-state index contributed by atoms with van der Waals surface area (Å²) < 4.78 is 38.5. The Hall–Kier alpha value is -2.49. The molecule has 0 aliphatic carbocycles. The maximum absolute atomic E-state index is 13.8. The fourth-order valence-electron chi connectivity index (χ4n) is 3.23. The summed E-state index contributed by atoms with van der Waals surface area (Å²) in [6.45, 7) is 4.44. The summed E-state index contributed by atoms with van der Waals surface area (Å²) in [6, 6.07) is 14.1. The van der Waals surface area contributed by atoms with Gasteiger partial charge in [0.05, 0.1) is 18.5 Å². The Morgan fingerprint density at radius 3 is 2.34 bits per heavy atom. The zero-order chi connectivity index (χ0) is 20.9. The normalized spacial score (nSPS) is 15.8. The maximum atomic E-state index is 13.8. The number of carbonyl (C=O) groups excluding carboxylic acids is 1. The van der Waals surface area contributed by atoms with Crippen LogP contribution in [-0.4, -0.2) is 63.1 Å². The minimum atomic E-state index is -3.61. The van der Waals surface area contributed by atoms with E-state index in [1.54, 1.807) is 0 Å². The van der Waals surface area contributed by atoms with Gasteiger partial charge >= 0.3 is 0 Å². The van der Waals surface area contributed by atoms with Crippen molar-refractivity contribution in [3.05, 3.63) is 59.9 Å². The lowest BCUT2D eigenvalue weighted by Gasteiger charge is -2.34. The van der Waals surface area contributed by atoms with E-state index in [0.717, 1.165) is 45.0 Å². The van der Waals surface area contributed by atoms with Crippen molar-refractivity contribution in [2.24, 2.45) is 0 Å². The monoisotopic (exact) mass is 420 g/mol. The Balaban J connectivity index is 1.48. The molecule has 0 spiro atoms. The Bertz CT molecular complexity index is 945. The average molecular weight is 421 g/mol. The van der Waals surface area contributed by atoms with E-state index in [2.05, 4.69) is 32.0 Å². The molecule has 9 heteroatoms. The largest absolute Gasteiger partial charge is 0.325 e. The van der Waals surface area contributed by atoms with Crippen molar-refractivity contribution >= 4 is 27.3 Å². The van der Waals surface area contributed by atoms with Crippen molar-refractivity contribution in [2.45, 2.75) is 6.54 Å². The van der Waals surface area contributed by atoms with Crippen molar-refractivity contribution in [1.29, 1.82) is 0 Å². The summed E-state index contributed by atoms with van der Waals surface area (Å²) in [4.78, 5) is 16.8. The third-order valence-corrected chi connectivity index (χ3v) is 5.22. The van der Waals surface area contributed by atoms with Crippen LogP contribution in [0.25, 0.3) is 0 Å². The molecule has 156 valence electrons. The quantitative estimate of drug-likeness (QED) is 0.716. The third-order valence-electron chi connectivity index (χ3n) is 4.63. The first kappa shape index (κ1) is 21.2. The zero-order valence-corrected chi connectivity index (χ0v) is 17.1. The third kappa shape index (κ3) is 6.81. The van der Waals surface area contributed by atoms with Crippen LogP contribution in [0, 0.1) is 5.82 Å². The first-order chi connectivity index (χ1) is 13.8. The Morgan fingerprint density at radius 1 is 1.03 bits per heavy atom. The number of nitrogens with zero attached hydrogens (tertiary/aromatic N) is 2. The SMILES string of the molecule is CS(=O)(=O)Nc1cc(NC(=O)CN2CCN(Cc3ccccc3)CC2)ccc1F. The number of halogens is 1. The van der Waals surface area contributed by atoms with Crippen molar-refractivity contribution in [3.63, 3.8) is 0 Å². The van der Waals surface area contributed by atoms with E-state index in [0.29, 0.717) is 5.69 Å². The molecule has 0 aromatic heterocycles. The minimum Gasteiger partial charge on any atom is -0.325 e. The summed E-state index contributed by atoms with van der Waals surface area (Å²) >= 11 is 0. The summed E-state index contributed by atoms with van der Waals surface area (Å²) in [7, 11) is -3.61. The van der Waals surface area contributed by atoms with Gasteiger partial charge in [0, 0.05) is 38.4 Å². The molecule has 0 unspecified atom stereocenters. The molecule has 1 aliphatic rings. The number of rotatable bonds is 7. The average Bonchev–Trinajstić information content (AvgIpc) is 2.66. The predicted octanol–water partition coefficient (Wildman–Crippen LogP) is 1.95. The maximum Gasteiger partial charge on any atom is 0.238 e. The summed E-state index contributed by atoms with van der Waals surface area (Å²) in [6.07, 6.45) is 0.940. The highest BCUT2D eigenvalue weighted by Crippen LogP contribution is 2.20. The van der Waals surface area contributed by atoms with Crippen LogP contribution in [0.5, 0.6) is 0 Å². The van der Waals surface area contributed by atoms with Crippen LogP contribution in [-0.2, 0) is 21.4 Å². The molecule has 0 bridgehead atoms. The highest BCUT2D eigenvalue weighted by molar-refractivity contribution is 7.92. The molecule has 1 amide bonds. The Morgan fingerprint density at radius 2 is 1.69 bits per heavy atom. The fraction of sp³-hybridized carbons (Fsp3) is 0.350. The van der Waals surface area contributed by atoms with Gasteiger partial charge < -0.3 is 5.32 Å². The zero-order valence-electron chi connectivity index (χ0n) is 16.3. The lowest BCUT2D eigenvalue weighted by Crippen LogP contribution is -2.48. The standard InChI is InChI=1S/C20H25FN4O3S/c1-29(27,28)23-19-13-17(7-8-18(19)21)22-20(26)15-25-11-9-24(10-12-25)14-16-5-3-2-4-6-16/h2-8,13,23H,9-12,14-15H2,1H3,(H,22,26). The molecule has 2 aromatic carbocycles. The number of hydrogen-bond donors (Lipinski definition) is 2. The number of hydrogen-bond acceptors (Lipinski definition) is 5. The van der Waals surface area contributed by atoms with Crippen LogP contribution >= 0.6 is 0 Å². The summed E-state index contributed by atoms with van der Waals surface area (Å²) in [5.41, 5.74) is 1.42. The molecule has 1 saturated heterocycles. The number of carbonyl (C=O) groups is 1. The molecule has 1 heterocycles. The fourth-order valence-corrected chi connectivity index (χ4v) is 3.79. The molecule has 7 nitrogen and oxygen atoms in total. The summed E-state index contributed by atoms with van der Waals surface area (Å²) in [5.74, 6) is -0.929. The molecule has 2 N–H and O–H groups in total. The predicted molar refractivity (Wildman–Crippen MR) is 112 cm³/mol. The lowest BCUT2D eigenvalue weighted by molar-refractivity contribution is -0.117. The van der Waals surface area contributed by atoms with Gasteiger partial charge in [-0.05, 0) is 23.8 Å². The van der Waals surface area contributed by atoms with Crippen LogP contribution < -0.4 is 10.0 Å². The number of amides is 1. The molecule has 1 aliphatic heterocycles. The van der Waals surface area contributed by atoms with Crippen LogP contribution in [0.3, 0.4) is 0 Å². The number of nitrogens with one attached hydrogen (secondary N) is 2. The van der Waals surface area contributed by atoms with Gasteiger partial charge in [0.2, 0.25) is 15.9 Å². The van der Waals surface area contributed by atoms with Gasteiger partial charge in [0.1, 0.15) is 5.82 Å². The van der Waals surface area contributed by atoms with Crippen LogP contribution in [0.1, 0.15) is 5.56 Å². The van der Waals surface area contributed by atoms with Gasteiger partial charge in [-0.1, -0.05) is 30.3 Å². The van der Waals surface area contributed by atoms with Crippen molar-refractivity contribution in [1.82, 2.24) is 9.80 Å². The molecule has 3 rings (SSSR count). The molecular weight excluding hydrogens is 395 g/mol. The second-order valence-corrected chi connectivity index (χ2v) is 8.90. The van der Waals surface area contributed by atoms with Gasteiger partial charge in [-0.3, -0.25) is 19.3 Å². The van der Waals surface area contributed by atoms with E-state index in [4.69, 9.17) is 0 Å². The van der Waals surface area contributed by atoms with Crippen LogP contribution in [0.2, 0.25) is 0 Å². The second-order valence-electron chi connectivity index (χ2n) is 7.15. The topological polar surface area (TPSA) is 81.8 Å². The van der Waals surface area contributed by atoms with Crippen molar-refractivity contribution in [3.8, 4) is 0 Å². The first-order valence-electron chi connectivity index (χ1n) is 9.34. The molecule has 29 heavy (non-hydrogen) atoms. The Labute approximate surface area is 170 Å². The van der Waals surface area contributed by atoms with E-state index >= 15 is 0 Å². The highest BCUT2D eigenvalue weighted by Gasteiger charge is 2.19. The Kier molecular flexibility index (Phi) is 6.83. The van der Waals surface area contributed by atoms with E-state index in [-0.39, 0.29) is 18.1 Å². The summed E-state index contributed by atoms with van der Waals surface area (Å²) in [5, 5.41) is 2.70. The number of benzene rings is 2. The molecule has 1 fully saturated rings.